The van der Waals surface area contributed by atoms with Crippen molar-refractivity contribution in [3.8, 4) is 11.1 Å². The van der Waals surface area contributed by atoms with Crippen LogP contribution in [0.2, 0.25) is 0 Å². The Hall–Kier alpha value is -2.55. The van der Waals surface area contributed by atoms with Crippen LogP contribution < -0.4 is 0 Å². The Bertz CT molecular complexity index is 939. The van der Waals surface area contributed by atoms with Crippen molar-refractivity contribution in [3.63, 3.8) is 0 Å². The fourth-order valence-corrected chi connectivity index (χ4v) is 3.93. The number of carbonyl (C=O) groups is 1. The number of carboxylic acids is 1. The maximum absolute atomic E-state index is 11.4. The fraction of sp³-hybridized carbons (Fsp3) is 0.400. The van der Waals surface area contributed by atoms with Gasteiger partial charge in [0.15, 0.2) is 0 Å². The lowest BCUT2D eigenvalue weighted by Crippen LogP contribution is -1.99. The molecule has 28 heavy (non-hydrogen) atoms. The summed E-state index contributed by atoms with van der Waals surface area (Å²) in [5.74, 6) is -0.778. The monoisotopic (exact) mass is 377 g/mol. The zero-order valence-electron chi connectivity index (χ0n) is 17.1. The van der Waals surface area contributed by atoms with Crippen LogP contribution in [0.15, 0.2) is 48.7 Å². The number of aliphatic carboxylic acids is 1. The number of hydrogen-bond acceptors (Lipinski definition) is 1. The highest BCUT2D eigenvalue weighted by atomic mass is 16.4. The van der Waals surface area contributed by atoms with Crippen molar-refractivity contribution >= 4 is 16.9 Å². The van der Waals surface area contributed by atoms with Gasteiger partial charge in [0.2, 0.25) is 0 Å². The van der Waals surface area contributed by atoms with Gasteiger partial charge in [-0.15, -0.1) is 0 Å². The highest BCUT2D eigenvalue weighted by Gasteiger charge is 2.13. The highest BCUT2D eigenvalue weighted by Crippen LogP contribution is 2.29. The van der Waals surface area contributed by atoms with Crippen LogP contribution in [-0.2, 0) is 17.8 Å². The van der Waals surface area contributed by atoms with Gasteiger partial charge in [-0.3, -0.25) is 4.79 Å². The molecule has 2 aromatic carbocycles. The molecule has 0 aliphatic rings. The van der Waals surface area contributed by atoms with Crippen LogP contribution in [0.5, 0.6) is 0 Å². The van der Waals surface area contributed by atoms with E-state index in [1.807, 2.05) is 6.20 Å². The normalized spacial score (nSPS) is 11.2. The molecule has 1 aromatic heterocycles. The SMILES string of the molecule is CCCCCCCCn1cc(CC(=O)O)c2cc(-c3cccc(C)c3)ccc21. The van der Waals surface area contributed by atoms with E-state index in [9.17, 15) is 9.90 Å². The Kier molecular flexibility index (Phi) is 6.91. The topological polar surface area (TPSA) is 42.2 Å². The molecule has 3 rings (SSSR count). The summed E-state index contributed by atoms with van der Waals surface area (Å²) in [4.78, 5) is 11.4. The first-order valence-electron chi connectivity index (χ1n) is 10.5. The third-order valence-electron chi connectivity index (χ3n) is 5.41. The minimum atomic E-state index is -0.778. The number of aromatic nitrogens is 1. The first-order chi connectivity index (χ1) is 13.6. The third kappa shape index (κ3) is 5.03. The summed E-state index contributed by atoms with van der Waals surface area (Å²) in [6.45, 7) is 5.28. The van der Waals surface area contributed by atoms with E-state index in [1.54, 1.807) is 0 Å². The number of benzene rings is 2. The van der Waals surface area contributed by atoms with E-state index in [0.29, 0.717) is 0 Å². The molecule has 0 bridgehead atoms. The summed E-state index contributed by atoms with van der Waals surface area (Å²) in [6, 6.07) is 14.9. The quantitative estimate of drug-likeness (QED) is 0.404. The summed E-state index contributed by atoms with van der Waals surface area (Å²) in [6.07, 6.45) is 9.66. The first kappa shape index (κ1) is 20.2. The molecule has 148 valence electrons. The number of nitrogens with zero attached hydrogens (tertiary/aromatic N) is 1. The van der Waals surface area contributed by atoms with Gasteiger partial charge in [-0.25, -0.2) is 0 Å². The van der Waals surface area contributed by atoms with Gasteiger partial charge in [0.1, 0.15) is 0 Å². The van der Waals surface area contributed by atoms with Crippen LogP contribution in [0.4, 0.5) is 0 Å². The van der Waals surface area contributed by atoms with Gasteiger partial charge in [-0.2, -0.15) is 0 Å². The van der Waals surface area contributed by atoms with Crippen LogP contribution in [-0.4, -0.2) is 15.6 Å². The number of hydrogen-bond donors (Lipinski definition) is 1. The molecular weight excluding hydrogens is 346 g/mol. The van der Waals surface area contributed by atoms with Crippen molar-refractivity contribution in [3.05, 3.63) is 59.8 Å². The van der Waals surface area contributed by atoms with E-state index < -0.39 is 5.97 Å². The lowest BCUT2D eigenvalue weighted by atomic mass is 10.0. The number of unbranched alkanes of at least 4 members (excludes halogenated alkanes) is 5. The number of carboxylic acid groups (broad SMARTS) is 1. The molecule has 0 radical (unpaired) electrons. The minimum Gasteiger partial charge on any atom is -0.481 e. The molecule has 0 fully saturated rings. The van der Waals surface area contributed by atoms with Gasteiger partial charge < -0.3 is 9.67 Å². The molecule has 0 saturated heterocycles. The molecule has 3 nitrogen and oxygen atoms in total. The second-order valence-electron chi connectivity index (χ2n) is 7.79. The summed E-state index contributed by atoms with van der Waals surface area (Å²) in [5.41, 5.74) is 5.58. The third-order valence-corrected chi connectivity index (χ3v) is 5.41. The van der Waals surface area contributed by atoms with Crippen LogP contribution in [0.3, 0.4) is 0 Å². The first-order valence-corrected chi connectivity index (χ1v) is 10.5. The Morgan fingerprint density at radius 3 is 2.46 bits per heavy atom. The lowest BCUT2D eigenvalue weighted by molar-refractivity contribution is -0.136. The van der Waals surface area contributed by atoms with E-state index in [0.717, 1.165) is 35.0 Å². The van der Waals surface area contributed by atoms with E-state index in [4.69, 9.17) is 0 Å². The Labute approximate surface area is 168 Å². The highest BCUT2D eigenvalue weighted by molar-refractivity contribution is 5.91. The Balaban J connectivity index is 1.85. The van der Waals surface area contributed by atoms with E-state index in [2.05, 4.69) is 60.9 Å². The van der Waals surface area contributed by atoms with Crippen molar-refractivity contribution in [1.82, 2.24) is 4.57 Å². The summed E-state index contributed by atoms with van der Waals surface area (Å²) < 4.78 is 2.24. The van der Waals surface area contributed by atoms with Gasteiger partial charge in [-0.05, 0) is 42.2 Å². The van der Waals surface area contributed by atoms with Crippen molar-refractivity contribution in [2.45, 2.75) is 65.3 Å². The van der Waals surface area contributed by atoms with Gasteiger partial charge in [-0.1, -0.05) is 74.9 Å². The number of aryl methyl sites for hydroxylation is 2. The second kappa shape index (κ2) is 9.59. The van der Waals surface area contributed by atoms with Crippen molar-refractivity contribution in [1.29, 1.82) is 0 Å². The second-order valence-corrected chi connectivity index (χ2v) is 7.79. The largest absolute Gasteiger partial charge is 0.481 e. The zero-order chi connectivity index (χ0) is 19.9. The van der Waals surface area contributed by atoms with E-state index >= 15 is 0 Å². The molecule has 1 N–H and O–H groups in total. The van der Waals surface area contributed by atoms with Gasteiger partial charge in [0, 0.05) is 23.6 Å². The van der Waals surface area contributed by atoms with E-state index in [1.165, 1.54) is 43.2 Å². The van der Waals surface area contributed by atoms with Crippen LogP contribution in [0.25, 0.3) is 22.0 Å². The average Bonchev–Trinajstić information content (AvgIpc) is 3.01. The maximum atomic E-state index is 11.4. The minimum absolute atomic E-state index is 0.0667. The molecule has 0 amide bonds. The van der Waals surface area contributed by atoms with Crippen LogP contribution in [0.1, 0.15) is 56.6 Å². The lowest BCUT2D eigenvalue weighted by Gasteiger charge is -2.07. The van der Waals surface area contributed by atoms with Crippen LogP contribution in [0, 0.1) is 6.92 Å². The average molecular weight is 378 g/mol. The summed E-state index contributed by atoms with van der Waals surface area (Å²) in [7, 11) is 0. The van der Waals surface area contributed by atoms with Crippen molar-refractivity contribution in [2.24, 2.45) is 0 Å². The Morgan fingerprint density at radius 2 is 1.71 bits per heavy atom. The molecule has 0 aliphatic carbocycles. The zero-order valence-corrected chi connectivity index (χ0v) is 17.1. The Morgan fingerprint density at radius 1 is 0.964 bits per heavy atom. The molecule has 1 heterocycles. The summed E-state index contributed by atoms with van der Waals surface area (Å²) in [5, 5.41) is 10.4. The van der Waals surface area contributed by atoms with Gasteiger partial charge >= 0.3 is 5.97 Å². The number of rotatable bonds is 10. The molecular formula is C25H31NO2. The van der Waals surface area contributed by atoms with Crippen LogP contribution >= 0.6 is 0 Å². The predicted molar refractivity (Wildman–Crippen MR) is 117 cm³/mol. The number of fused-ring (bicyclic) bond motifs is 1. The van der Waals surface area contributed by atoms with Crippen molar-refractivity contribution < 1.29 is 9.90 Å². The molecule has 0 spiro atoms. The maximum Gasteiger partial charge on any atom is 0.307 e. The molecule has 0 aliphatic heterocycles. The molecule has 0 atom stereocenters. The molecule has 3 aromatic rings. The van der Waals surface area contributed by atoms with Crippen molar-refractivity contribution in [2.75, 3.05) is 0 Å². The molecule has 0 unspecified atom stereocenters. The van der Waals surface area contributed by atoms with Gasteiger partial charge in [0.25, 0.3) is 0 Å². The smallest absolute Gasteiger partial charge is 0.307 e. The predicted octanol–water partition coefficient (Wildman–Crippen LogP) is 6.60. The molecule has 0 saturated carbocycles. The standard InChI is InChI=1S/C25H31NO2/c1-3-4-5-6-7-8-14-26-18-22(17-25(27)28)23-16-21(12-13-24(23)26)20-11-9-10-19(2)15-20/h9-13,15-16,18H,3-8,14,17H2,1-2H3,(H,27,28). The van der Waals surface area contributed by atoms with E-state index in [-0.39, 0.29) is 6.42 Å². The summed E-state index contributed by atoms with van der Waals surface area (Å²) >= 11 is 0. The van der Waals surface area contributed by atoms with Gasteiger partial charge in [0.05, 0.1) is 6.42 Å². The fourth-order valence-electron chi connectivity index (χ4n) is 3.93. The molecule has 3 heteroatoms.